The van der Waals surface area contributed by atoms with Crippen molar-refractivity contribution in [3.05, 3.63) is 42.0 Å². The van der Waals surface area contributed by atoms with Gasteiger partial charge < -0.3 is 10.2 Å². The number of piperazine rings is 1. The molecule has 25 heavy (non-hydrogen) atoms. The van der Waals surface area contributed by atoms with Crippen LogP contribution in [0.2, 0.25) is 0 Å². The zero-order valence-corrected chi connectivity index (χ0v) is 15.4. The predicted octanol–water partition coefficient (Wildman–Crippen LogP) is 3.07. The second-order valence-corrected chi connectivity index (χ2v) is 7.57. The van der Waals surface area contributed by atoms with Crippen molar-refractivity contribution >= 4 is 10.8 Å². The lowest BCUT2D eigenvalue weighted by Gasteiger charge is -2.42. The molecule has 0 unspecified atom stereocenters. The van der Waals surface area contributed by atoms with Gasteiger partial charge >= 0.3 is 0 Å². The third kappa shape index (κ3) is 4.32. The smallest absolute Gasteiger partial charge is 0.120 e. The summed E-state index contributed by atoms with van der Waals surface area (Å²) in [6.07, 6.45) is 0.810. The van der Waals surface area contributed by atoms with Crippen LogP contribution >= 0.6 is 0 Å². The van der Waals surface area contributed by atoms with Crippen molar-refractivity contribution in [1.82, 2.24) is 9.80 Å². The normalized spacial score (nSPS) is 19.8. The number of rotatable bonds is 6. The minimum absolute atomic E-state index is 0.229. The maximum absolute atomic E-state index is 10.4. The molecule has 4 nitrogen and oxygen atoms in total. The highest BCUT2D eigenvalue weighted by atomic mass is 16.3. The average molecular weight is 342 g/mol. The van der Waals surface area contributed by atoms with E-state index in [0.717, 1.165) is 50.1 Å². The van der Waals surface area contributed by atoms with Gasteiger partial charge in [0.05, 0.1) is 0 Å². The highest BCUT2D eigenvalue weighted by Gasteiger charge is 2.27. The first-order chi connectivity index (χ1) is 12.1. The summed E-state index contributed by atoms with van der Waals surface area (Å²) in [7, 11) is 0. The van der Waals surface area contributed by atoms with Crippen molar-refractivity contribution < 1.29 is 10.2 Å². The lowest BCUT2D eigenvalue weighted by atomic mass is 10.0. The van der Waals surface area contributed by atoms with E-state index in [-0.39, 0.29) is 6.61 Å². The number of hydrogen-bond donors (Lipinski definition) is 2. The molecular formula is C21H30N2O2. The molecule has 136 valence electrons. The van der Waals surface area contributed by atoms with E-state index in [1.165, 1.54) is 5.39 Å². The van der Waals surface area contributed by atoms with E-state index in [9.17, 15) is 10.2 Å². The lowest BCUT2D eigenvalue weighted by molar-refractivity contribution is 0.0475. The van der Waals surface area contributed by atoms with Crippen LogP contribution in [-0.4, -0.2) is 58.8 Å². The van der Waals surface area contributed by atoms with Gasteiger partial charge in [-0.15, -0.1) is 0 Å². The second-order valence-electron chi connectivity index (χ2n) is 7.57. The molecule has 1 fully saturated rings. The standard InChI is InChI=1S/C21H30N2O2/c1-16(2)13-23-11-10-22(14-18(23)9-12-24)15-20-19-6-4-3-5-17(19)7-8-21(20)25/h3-8,16,18,24-25H,9-15H2,1-2H3/t18-/m1/s1. The number of aliphatic hydroxyl groups is 1. The van der Waals surface area contributed by atoms with Gasteiger partial charge in [0.2, 0.25) is 0 Å². The summed E-state index contributed by atoms with van der Waals surface area (Å²) in [4.78, 5) is 4.93. The van der Waals surface area contributed by atoms with Crippen LogP contribution in [0.15, 0.2) is 36.4 Å². The molecule has 1 heterocycles. The SMILES string of the molecule is CC(C)CN1CCN(Cc2c(O)ccc3ccccc23)C[C@H]1CCO. The number of benzene rings is 2. The van der Waals surface area contributed by atoms with Crippen molar-refractivity contribution in [3.8, 4) is 5.75 Å². The topological polar surface area (TPSA) is 46.9 Å². The summed E-state index contributed by atoms with van der Waals surface area (Å²) in [5, 5.41) is 22.1. The van der Waals surface area contributed by atoms with E-state index in [2.05, 4.69) is 35.8 Å². The number of nitrogens with zero attached hydrogens (tertiary/aromatic N) is 2. The molecular weight excluding hydrogens is 312 g/mol. The fourth-order valence-corrected chi connectivity index (χ4v) is 3.95. The lowest BCUT2D eigenvalue weighted by Crippen LogP contribution is -2.53. The minimum Gasteiger partial charge on any atom is -0.508 e. The molecule has 2 N–H and O–H groups in total. The molecule has 1 aliphatic heterocycles. The Bertz CT molecular complexity index is 701. The second kappa shape index (κ2) is 8.17. The first-order valence-electron chi connectivity index (χ1n) is 9.35. The number of fused-ring (bicyclic) bond motifs is 1. The summed E-state index contributed by atoms with van der Waals surface area (Å²) in [5.41, 5.74) is 1.01. The minimum atomic E-state index is 0.229. The Labute approximate surface area is 150 Å². The Morgan fingerprint density at radius 3 is 2.68 bits per heavy atom. The third-order valence-corrected chi connectivity index (χ3v) is 5.15. The third-order valence-electron chi connectivity index (χ3n) is 5.15. The molecule has 3 rings (SSSR count). The Balaban J connectivity index is 1.77. The highest BCUT2D eigenvalue weighted by molar-refractivity contribution is 5.87. The quantitative estimate of drug-likeness (QED) is 0.847. The van der Waals surface area contributed by atoms with Gasteiger partial charge in [0.15, 0.2) is 0 Å². The first-order valence-corrected chi connectivity index (χ1v) is 9.35. The van der Waals surface area contributed by atoms with Crippen molar-refractivity contribution in [2.24, 2.45) is 5.92 Å². The first kappa shape index (κ1) is 18.2. The zero-order chi connectivity index (χ0) is 17.8. The Morgan fingerprint density at radius 2 is 1.92 bits per heavy atom. The van der Waals surface area contributed by atoms with Crippen LogP contribution in [-0.2, 0) is 6.54 Å². The van der Waals surface area contributed by atoms with E-state index in [1.54, 1.807) is 6.07 Å². The maximum atomic E-state index is 10.4. The Kier molecular flexibility index (Phi) is 5.94. The summed E-state index contributed by atoms with van der Waals surface area (Å²) in [6.45, 7) is 9.52. The molecule has 0 bridgehead atoms. The van der Waals surface area contributed by atoms with Crippen LogP contribution in [0.1, 0.15) is 25.8 Å². The van der Waals surface area contributed by atoms with Gasteiger partial charge in [-0.1, -0.05) is 44.2 Å². The fourth-order valence-electron chi connectivity index (χ4n) is 3.95. The monoisotopic (exact) mass is 342 g/mol. The van der Waals surface area contributed by atoms with Crippen LogP contribution < -0.4 is 0 Å². The van der Waals surface area contributed by atoms with Gasteiger partial charge in [-0.2, -0.15) is 0 Å². The van der Waals surface area contributed by atoms with Crippen LogP contribution in [0.3, 0.4) is 0 Å². The predicted molar refractivity (Wildman–Crippen MR) is 103 cm³/mol. The van der Waals surface area contributed by atoms with Crippen molar-refractivity contribution in [2.45, 2.75) is 32.9 Å². The molecule has 0 radical (unpaired) electrons. The van der Waals surface area contributed by atoms with Crippen LogP contribution in [0, 0.1) is 5.92 Å². The molecule has 2 aromatic carbocycles. The Morgan fingerprint density at radius 1 is 1.12 bits per heavy atom. The number of aromatic hydroxyl groups is 1. The van der Waals surface area contributed by atoms with Gasteiger partial charge in [-0.3, -0.25) is 9.80 Å². The number of aliphatic hydroxyl groups excluding tert-OH is 1. The van der Waals surface area contributed by atoms with E-state index in [1.807, 2.05) is 18.2 Å². The van der Waals surface area contributed by atoms with Gasteiger partial charge in [0, 0.05) is 50.9 Å². The van der Waals surface area contributed by atoms with Crippen LogP contribution in [0.4, 0.5) is 0 Å². The molecule has 4 heteroatoms. The molecule has 2 aromatic rings. The number of hydrogen-bond acceptors (Lipinski definition) is 4. The summed E-state index contributed by atoms with van der Waals surface area (Å²) in [6, 6.07) is 12.4. The van der Waals surface area contributed by atoms with E-state index in [0.29, 0.717) is 17.7 Å². The van der Waals surface area contributed by atoms with Crippen LogP contribution in [0.5, 0.6) is 5.75 Å². The maximum Gasteiger partial charge on any atom is 0.120 e. The molecule has 0 aromatic heterocycles. The van der Waals surface area contributed by atoms with Gasteiger partial charge in [-0.25, -0.2) is 0 Å². The number of phenolic OH excluding ortho intramolecular Hbond substituents is 1. The van der Waals surface area contributed by atoms with Crippen molar-refractivity contribution in [1.29, 1.82) is 0 Å². The van der Waals surface area contributed by atoms with Crippen molar-refractivity contribution in [3.63, 3.8) is 0 Å². The zero-order valence-electron chi connectivity index (χ0n) is 15.4. The number of phenols is 1. The molecule has 1 atom stereocenters. The Hall–Kier alpha value is -1.62. The largest absolute Gasteiger partial charge is 0.508 e. The summed E-state index contributed by atoms with van der Waals surface area (Å²) >= 11 is 0. The molecule has 1 aliphatic rings. The summed E-state index contributed by atoms with van der Waals surface area (Å²) < 4.78 is 0. The van der Waals surface area contributed by atoms with Crippen molar-refractivity contribution in [2.75, 3.05) is 32.8 Å². The van der Waals surface area contributed by atoms with Gasteiger partial charge in [0.25, 0.3) is 0 Å². The van der Waals surface area contributed by atoms with E-state index < -0.39 is 0 Å². The van der Waals surface area contributed by atoms with Crippen LogP contribution in [0.25, 0.3) is 10.8 Å². The average Bonchev–Trinajstić information content (AvgIpc) is 2.59. The molecule has 0 saturated carbocycles. The highest BCUT2D eigenvalue weighted by Crippen LogP contribution is 2.29. The molecule has 0 spiro atoms. The van der Waals surface area contributed by atoms with Gasteiger partial charge in [-0.05, 0) is 29.2 Å². The van der Waals surface area contributed by atoms with E-state index in [4.69, 9.17) is 0 Å². The fraction of sp³-hybridized carbons (Fsp3) is 0.524. The molecule has 0 aliphatic carbocycles. The van der Waals surface area contributed by atoms with E-state index >= 15 is 0 Å². The van der Waals surface area contributed by atoms with Gasteiger partial charge in [0.1, 0.15) is 5.75 Å². The molecule has 1 saturated heterocycles. The summed E-state index contributed by atoms with van der Waals surface area (Å²) in [5.74, 6) is 1.01. The molecule has 0 amide bonds.